The van der Waals surface area contributed by atoms with Gasteiger partial charge in [-0.25, -0.2) is 0 Å². The number of hydrogen-bond donors (Lipinski definition) is 0. The number of benzene rings is 1. The van der Waals surface area contributed by atoms with E-state index >= 15 is 0 Å². The van der Waals surface area contributed by atoms with E-state index in [4.69, 9.17) is 16.3 Å². The summed E-state index contributed by atoms with van der Waals surface area (Å²) < 4.78 is 5.14. The van der Waals surface area contributed by atoms with E-state index in [2.05, 4.69) is 0 Å². The van der Waals surface area contributed by atoms with E-state index in [-0.39, 0.29) is 12.1 Å². The van der Waals surface area contributed by atoms with Crippen LogP contribution >= 0.6 is 11.6 Å². The van der Waals surface area contributed by atoms with Crippen molar-refractivity contribution in [1.82, 2.24) is 0 Å². The molecule has 2 rings (SSSR count). The zero-order valence-corrected chi connectivity index (χ0v) is 9.17. The van der Waals surface area contributed by atoms with Crippen molar-refractivity contribution in [2.24, 2.45) is 0 Å². The van der Waals surface area contributed by atoms with E-state index in [1.807, 2.05) is 24.3 Å². The summed E-state index contributed by atoms with van der Waals surface area (Å²) in [6, 6.07) is 7.55. The lowest BCUT2D eigenvalue weighted by Crippen LogP contribution is -2.07. The molecule has 0 unspecified atom stereocenters. The first-order valence-electron chi connectivity index (χ1n) is 5.18. The Morgan fingerprint density at radius 3 is 2.60 bits per heavy atom. The minimum absolute atomic E-state index is 0.0903. The zero-order chi connectivity index (χ0) is 10.7. The standard InChI is InChI=1S/C12H13ClO2/c13-10-4-1-9(2-5-10)3-8-12(14)15-11-6-7-11/h1-2,4-5,11H,3,6-8H2. The molecule has 15 heavy (non-hydrogen) atoms. The number of carbonyl (C=O) groups excluding carboxylic acids is 1. The molecule has 1 aliphatic rings. The highest BCUT2D eigenvalue weighted by atomic mass is 35.5. The van der Waals surface area contributed by atoms with Gasteiger partial charge in [0.1, 0.15) is 6.10 Å². The van der Waals surface area contributed by atoms with Crippen LogP contribution in [0.5, 0.6) is 0 Å². The van der Waals surface area contributed by atoms with Gasteiger partial charge in [-0.3, -0.25) is 4.79 Å². The minimum Gasteiger partial charge on any atom is -0.462 e. The van der Waals surface area contributed by atoms with Crippen molar-refractivity contribution in [3.05, 3.63) is 34.9 Å². The van der Waals surface area contributed by atoms with Crippen LogP contribution in [0.3, 0.4) is 0 Å². The first kappa shape index (κ1) is 10.5. The number of halogens is 1. The highest BCUT2D eigenvalue weighted by Gasteiger charge is 2.25. The molecule has 3 heteroatoms. The van der Waals surface area contributed by atoms with Crippen LogP contribution in [0, 0.1) is 0 Å². The molecule has 0 N–H and O–H groups in total. The summed E-state index contributed by atoms with van der Waals surface area (Å²) in [6.07, 6.45) is 3.46. The maximum atomic E-state index is 11.3. The van der Waals surface area contributed by atoms with Crippen LogP contribution in [0.1, 0.15) is 24.8 Å². The normalized spacial score (nSPS) is 15.0. The van der Waals surface area contributed by atoms with Crippen LogP contribution in [0.15, 0.2) is 24.3 Å². The van der Waals surface area contributed by atoms with Crippen molar-refractivity contribution in [2.75, 3.05) is 0 Å². The van der Waals surface area contributed by atoms with Crippen LogP contribution in [-0.2, 0) is 16.0 Å². The van der Waals surface area contributed by atoms with Crippen LogP contribution < -0.4 is 0 Å². The van der Waals surface area contributed by atoms with E-state index in [9.17, 15) is 4.79 Å². The number of carbonyl (C=O) groups is 1. The second-order valence-electron chi connectivity index (χ2n) is 3.82. The minimum atomic E-state index is -0.0903. The van der Waals surface area contributed by atoms with E-state index < -0.39 is 0 Å². The molecule has 0 radical (unpaired) electrons. The summed E-state index contributed by atoms with van der Waals surface area (Å²) in [6.45, 7) is 0. The molecule has 80 valence electrons. The number of hydrogen-bond acceptors (Lipinski definition) is 2. The fraction of sp³-hybridized carbons (Fsp3) is 0.417. The largest absolute Gasteiger partial charge is 0.462 e. The molecule has 0 heterocycles. The molecule has 0 aromatic heterocycles. The van der Waals surface area contributed by atoms with Crippen LogP contribution in [0.2, 0.25) is 5.02 Å². The molecule has 0 aliphatic heterocycles. The van der Waals surface area contributed by atoms with Crippen molar-refractivity contribution in [1.29, 1.82) is 0 Å². The summed E-state index contributed by atoms with van der Waals surface area (Å²) in [5, 5.41) is 0.722. The van der Waals surface area contributed by atoms with Gasteiger partial charge in [0, 0.05) is 11.4 Å². The van der Waals surface area contributed by atoms with E-state index in [0.29, 0.717) is 6.42 Å². The molecule has 0 atom stereocenters. The monoisotopic (exact) mass is 224 g/mol. The second kappa shape index (κ2) is 4.67. The van der Waals surface area contributed by atoms with Crippen molar-refractivity contribution in [2.45, 2.75) is 31.8 Å². The number of aryl methyl sites for hydroxylation is 1. The summed E-state index contributed by atoms with van der Waals surface area (Å²) >= 11 is 5.76. The number of esters is 1. The summed E-state index contributed by atoms with van der Waals surface area (Å²) in [5.74, 6) is -0.0903. The molecule has 1 saturated carbocycles. The van der Waals surface area contributed by atoms with Gasteiger partial charge in [-0.15, -0.1) is 0 Å². The molecule has 2 nitrogen and oxygen atoms in total. The van der Waals surface area contributed by atoms with Gasteiger partial charge in [0.15, 0.2) is 0 Å². The average Bonchev–Trinajstić information content (AvgIpc) is 3.01. The molecular formula is C12H13ClO2. The Bertz CT molecular complexity index is 341. The van der Waals surface area contributed by atoms with Gasteiger partial charge in [0.05, 0.1) is 0 Å². The summed E-state index contributed by atoms with van der Waals surface area (Å²) in [7, 11) is 0. The molecule has 1 aromatic carbocycles. The lowest BCUT2D eigenvalue weighted by Gasteiger charge is -2.02. The lowest BCUT2D eigenvalue weighted by molar-refractivity contribution is -0.144. The third-order valence-corrected chi connectivity index (χ3v) is 2.61. The smallest absolute Gasteiger partial charge is 0.306 e. The Kier molecular flexibility index (Phi) is 3.27. The van der Waals surface area contributed by atoms with Crippen LogP contribution in [0.4, 0.5) is 0 Å². The molecule has 1 aliphatic carbocycles. The van der Waals surface area contributed by atoms with Crippen LogP contribution in [0.25, 0.3) is 0 Å². The molecular weight excluding hydrogens is 212 g/mol. The molecule has 0 amide bonds. The summed E-state index contributed by atoms with van der Waals surface area (Å²) in [4.78, 5) is 11.3. The Hall–Kier alpha value is -1.02. The predicted octanol–water partition coefficient (Wildman–Crippen LogP) is 2.98. The van der Waals surface area contributed by atoms with Gasteiger partial charge in [-0.05, 0) is 37.0 Å². The number of ether oxygens (including phenoxy) is 1. The Morgan fingerprint density at radius 2 is 2.00 bits per heavy atom. The lowest BCUT2D eigenvalue weighted by atomic mass is 10.1. The molecule has 1 aromatic rings. The Labute approximate surface area is 94.2 Å². The fourth-order valence-electron chi connectivity index (χ4n) is 1.33. The van der Waals surface area contributed by atoms with Gasteiger partial charge in [0.25, 0.3) is 0 Å². The third kappa shape index (κ3) is 3.56. The van der Waals surface area contributed by atoms with Gasteiger partial charge in [-0.2, -0.15) is 0 Å². The van der Waals surface area contributed by atoms with E-state index in [1.54, 1.807) is 0 Å². The first-order chi connectivity index (χ1) is 7.24. The highest BCUT2D eigenvalue weighted by molar-refractivity contribution is 6.30. The summed E-state index contributed by atoms with van der Waals surface area (Å²) in [5.41, 5.74) is 1.12. The molecule has 0 bridgehead atoms. The molecule has 0 spiro atoms. The van der Waals surface area contributed by atoms with E-state index in [0.717, 1.165) is 29.8 Å². The van der Waals surface area contributed by atoms with Crippen molar-refractivity contribution in [3.63, 3.8) is 0 Å². The quantitative estimate of drug-likeness (QED) is 0.735. The average molecular weight is 225 g/mol. The number of rotatable bonds is 4. The molecule has 0 saturated heterocycles. The van der Waals surface area contributed by atoms with Gasteiger partial charge in [0.2, 0.25) is 0 Å². The zero-order valence-electron chi connectivity index (χ0n) is 8.41. The van der Waals surface area contributed by atoms with Crippen molar-refractivity contribution < 1.29 is 9.53 Å². The van der Waals surface area contributed by atoms with Gasteiger partial charge >= 0.3 is 5.97 Å². The predicted molar refractivity (Wildman–Crippen MR) is 58.9 cm³/mol. The third-order valence-electron chi connectivity index (χ3n) is 2.35. The first-order valence-corrected chi connectivity index (χ1v) is 5.56. The topological polar surface area (TPSA) is 26.3 Å². The van der Waals surface area contributed by atoms with Gasteiger partial charge in [-0.1, -0.05) is 23.7 Å². The van der Waals surface area contributed by atoms with Crippen LogP contribution in [-0.4, -0.2) is 12.1 Å². The van der Waals surface area contributed by atoms with Crippen molar-refractivity contribution >= 4 is 17.6 Å². The van der Waals surface area contributed by atoms with Crippen molar-refractivity contribution in [3.8, 4) is 0 Å². The van der Waals surface area contributed by atoms with Gasteiger partial charge < -0.3 is 4.74 Å². The van der Waals surface area contributed by atoms with E-state index in [1.165, 1.54) is 0 Å². The maximum Gasteiger partial charge on any atom is 0.306 e. The second-order valence-corrected chi connectivity index (χ2v) is 4.25. The molecule has 1 fully saturated rings. The fourth-order valence-corrected chi connectivity index (χ4v) is 1.45. The maximum absolute atomic E-state index is 11.3. The Morgan fingerprint density at radius 1 is 1.33 bits per heavy atom. The Balaban J connectivity index is 1.76. The SMILES string of the molecule is O=C(CCc1ccc(Cl)cc1)OC1CC1. The highest BCUT2D eigenvalue weighted by Crippen LogP contribution is 2.24.